The molecule has 1 aromatic carbocycles. The summed E-state index contributed by atoms with van der Waals surface area (Å²) in [6.07, 6.45) is 6.24. The van der Waals surface area contributed by atoms with Gasteiger partial charge in [-0.3, -0.25) is 9.89 Å². The minimum atomic E-state index is -0.793. The van der Waals surface area contributed by atoms with Crippen molar-refractivity contribution in [3.05, 3.63) is 47.7 Å². The summed E-state index contributed by atoms with van der Waals surface area (Å²) < 4.78 is 5.39. The number of pyridine rings is 1. The molecule has 0 spiro atoms. The summed E-state index contributed by atoms with van der Waals surface area (Å²) >= 11 is 0. The van der Waals surface area contributed by atoms with Crippen molar-refractivity contribution in [3.63, 3.8) is 0 Å². The zero-order valence-electron chi connectivity index (χ0n) is 18.1. The molecule has 0 bridgehead atoms. The Morgan fingerprint density at radius 2 is 1.90 bits per heavy atom. The molecule has 3 aliphatic heterocycles. The predicted octanol–water partition coefficient (Wildman–Crippen LogP) is 2.98. The number of benzene rings is 1. The van der Waals surface area contributed by atoms with Gasteiger partial charge in [0, 0.05) is 82.4 Å². The fourth-order valence-electron chi connectivity index (χ4n) is 4.76. The van der Waals surface area contributed by atoms with Crippen LogP contribution >= 0.6 is 8.58 Å². The molecule has 5 rings (SSSR count). The van der Waals surface area contributed by atoms with E-state index < -0.39 is 5.60 Å². The van der Waals surface area contributed by atoms with E-state index in [1.165, 1.54) is 10.9 Å². The summed E-state index contributed by atoms with van der Waals surface area (Å²) in [6, 6.07) is 11.3. The van der Waals surface area contributed by atoms with Gasteiger partial charge in [-0.05, 0) is 36.0 Å². The second-order valence-electron chi connectivity index (χ2n) is 8.72. The van der Waals surface area contributed by atoms with Crippen molar-refractivity contribution in [1.29, 1.82) is 0 Å². The van der Waals surface area contributed by atoms with E-state index in [9.17, 15) is 5.11 Å². The third kappa shape index (κ3) is 4.40. The van der Waals surface area contributed by atoms with Gasteiger partial charge >= 0.3 is 0 Å². The zero-order valence-corrected chi connectivity index (χ0v) is 19.1. The Bertz CT molecular complexity index is 935. The van der Waals surface area contributed by atoms with Crippen LogP contribution < -0.4 is 10.2 Å². The molecule has 1 N–H and O–H groups in total. The van der Waals surface area contributed by atoms with Crippen LogP contribution in [0.15, 0.2) is 41.5 Å². The second-order valence-corrected chi connectivity index (χ2v) is 10.0. The lowest BCUT2D eigenvalue weighted by Gasteiger charge is -2.39. The van der Waals surface area contributed by atoms with Crippen LogP contribution in [-0.2, 0) is 10.3 Å². The molecule has 0 saturated carbocycles. The van der Waals surface area contributed by atoms with Gasteiger partial charge in [0.25, 0.3) is 0 Å². The van der Waals surface area contributed by atoms with Crippen molar-refractivity contribution < 1.29 is 9.84 Å². The van der Waals surface area contributed by atoms with Crippen LogP contribution in [0.3, 0.4) is 0 Å². The number of ether oxygens (including phenoxy) is 1. The first kappa shape index (κ1) is 21.0. The molecule has 2 aromatic rings. The van der Waals surface area contributed by atoms with Gasteiger partial charge < -0.3 is 14.7 Å². The predicted molar refractivity (Wildman–Crippen MR) is 128 cm³/mol. The monoisotopic (exact) mass is 438 g/mol. The minimum Gasteiger partial charge on any atom is -0.385 e. The van der Waals surface area contributed by atoms with Gasteiger partial charge in [-0.1, -0.05) is 20.7 Å². The molecule has 31 heavy (non-hydrogen) atoms. The molecule has 2 fully saturated rings. The van der Waals surface area contributed by atoms with E-state index in [-0.39, 0.29) is 0 Å². The molecule has 1 aromatic heterocycles. The van der Waals surface area contributed by atoms with Crippen molar-refractivity contribution in [2.75, 3.05) is 50.5 Å². The average molecular weight is 439 g/mol. The van der Waals surface area contributed by atoms with Crippen LogP contribution in [0.5, 0.6) is 0 Å². The van der Waals surface area contributed by atoms with E-state index >= 15 is 0 Å². The Morgan fingerprint density at radius 1 is 1.10 bits per heavy atom. The average Bonchev–Trinajstić information content (AvgIpc) is 2.84. The Balaban J connectivity index is 1.21. The maximum Gasteiger partial charge on any atom is 0.128 e. The van der Waals surface area contributed by atoms with Crippen molar-refractivity contribution in [3.8, 4) is 0 Å². The van der Waals surface area contributed by atoms with Crippen LogP contribution in [0.4, 0.5) is 11.5 Å². The minimum absolute atomic E-state index is 0.404. The first-order valence-corrected chi connectivity index (χ1v) is 12.5. The van der Waals surface area contributed by atoms with Crippen molar-refractivity contribution in [2.45, 2.75) is 31.4 Å². The number of nitrogens with zero attached hydrogens (tertiary/aromatic N) is 4. The van der Waals surface area contributed by atoms with E-state index in [1.807, 2.05) is 18.5 Å². The molecule has 0 radical (unpaired) electrons. The molecule has 6 nitrogen and oxygen atoms in total. The van der Waals surface area contributed by atoms with Gasteiger partial charge in [0.1, 0.15) is 5.82 Å². The fraction of sp³-hybridized carbons (Fsp3) is 0.500. The molecule has 2 saturated heterocycles. The number of aromatic nitrogens is 1. The Labute approximate surface area is 186 Å². The lowest BCUT2D eigenvalue weighted by Crippen LogP contribution is -2.47. The third-order valence-corrected chi connectivity index (χ3v) is 8.08. The highest BCUT2D eigenvalue weighted by molar-refractivity contribution is 7.48. The van der Waals surface area contributed by atoms with Gasteiger partial charge in [0.15, 0.2) is 0 Å². The maximum atomic E-state index is 10.9. The van der Waals surface area contributed by atoms with E-state index in [1.54, 1.807) is 0 Å². The van der Waals surface area contributed by atoms with E-state index in [4.69, 9.17) is 9.72 Å². The van der Waals surface area contributed by atoms with Crippen LogP contribution in [0.25, 0.3) is 0 Å². The van der Waals surface area contributed by atoms with Crippen LogP contribution in [-0.4, -0.2) is 66.8 Å². The normalized spacial score (nSPS) is 23.0. The zero-order chi connectivity index (χ0) is 21.3. The molecule has 0 amide bonds. The Hall–Kier alpha value is -1.85. The van der Waals surface area contributed by atoms with E-state index in [2.05, 4.69) is 46.0 Å². The lowest BCUT2D eigenvalue weighted by atomic mass is 9.87. The van der Waals surface area contributed by atoms with Crippen LogP contribution in [0.2, 0.25) is 0 Å². The molecule has 7 heteroatoms. The molecule has 0 aliphatic carbocycles. The van der Waals surface area contributed by atoms with Gasteiger partial charge in [0.05, 0.1) is 11.3 Å². The number of piperazine rings is 1. The molecule has 2 unspecified atom stereocenters. The highest BCUT2D eigenvalue weighted by Gasteiger charge is 2.32. The first-order chi connectivity index (χ1) is 15.1. The summed E-state index contributed by atoms with van der Waals surface area (Å²) in [4.78, 5) is 14.1. The molecule has 164 valence electrons. The first-order valence-electron chi connectivity index (χ1n) is 11.3. The number of aliphatic hydroxyl groups is 1. The highest BCUT2D eigenvalue weighted by Crippen LogP contribution is 2.33. The van der Waals surface area contributed by atoms with Gasteiger partial charge in [-0.2, -0.15) is 0 Å². The molecule has 3 aliphatic rings. The number of fused-ring (bicyclic) bond motifs is 1. The SMILES string of the molecule is CC(c1ccc2c(c1)PCC=N2)N1CCN(c2ccc(C3(O)CCOCC3)cn2)CC1. The van der Waals surface area contributed by atoms with Gasteiger partial charge in [-0.15, -0.1) is 0 Å². The molecular formula is C24H31N4O2P. The van der Waals surface area contributed by atoms with Crippen molar-refractivity contribution >= 4 is 31.6 Å². The Morgan fingerprint density at radius 3 is 2.65 bits per heavy atom. The van der Waals surface area contributed by atoms with E-state index in [0.29, 0.717) is 32.1 Å². The number of rotatable bonds is 4. The molecule has 4 heterocycles. The number of aliphatic imine (C=N–C) groups is 1. The maximum absolute atomic E-state index is 10.9. The summed E-state index contributed by atoms with van der Waals surface area (Å²) in [5, 5.41) is 12.3. The van der Waals surface area contributed by atoms with Crippen molar-refractivity contribution in [1.82, 2.24) is 9.88 Å². The largest absolute Gasteiger partial charge is 0.385 e. The van der Waals surface area contributed by atoms with Crippen molar-refractivity contribution in [2.24, 2.45) is 4.99 Å². The summed E-state index contributed by atoms with van der Waals surface area (Å²) in [5.74, 6) is 1.000. The molecular weight excluding hydrogens is 407 g/mol. The fourth-order valence-corrected chi connectivity index (χ4v) is 5.76. The topological polar surface area (TPSA) is 61.2 Å². The number of anilines is 1. The van der Waals surface area contributed by atoms with Crippen LogP contribution in [0, 0.1) is 0 Å². The standard InChI is InChI=1S/C24H31N4O2P/c1-18(19-2-4-21-22(16-19)31-15-8-25-21)27-9-11-28(12-10-27)23-5-3-20(17-26-23)24(29)6-13-30-14-7-24/h2-5,8,16-18,29,31H,6-7,9-15H2,1H3. The third-order valence-electron chi connectivity index (χ3n) is 6.91. The molecule has 2 atom stereocenters. The number of hydrogen-bond donors (Lipinski definition) is 1. The summed E-state index contributed by atoms with van der Waals surface area (Å²) in [5.41, 5.74) is 2.65. The summed E-state index contributed by atoms with van der Waals surface area (Å²) in [6.45, 7) is 7.49. The second kappa shape index (κ2) is 8.95. The van der Waals surface area contributed by atoms with E-state index in [0.717, 1.165) is 58.0 Å². The van der Waals surface area contributed by atoms with Gasteiger partial charge in [0.2, 0.25) is 0 Å². The van der Waals surface area contributed by atoms with Crippen LogP contribution in [0.1, 0.15) is 36.9 Å². The van der Waals surface area contributed by atoms with Gasteiger partial charge in [-0.25, -0.2) is 4.98 Å². The smallest absolute Gasteiger partial charge is 0.128 e. The quantitative estimate of drug-likeness (QED) is 0.744. The highest BCUT2D eigenvalue weighted by atomic mass is 31.1. The Kier molecular flexibility index (Phi) is 6.07. The lowest BCUT2D eigenvalue weighted by molar-refractivity contribution is -0.0680. The number of hydrogen-bond acceptors (Lipinski definition) is 6. The summed E-state index contributed by atoms with van der Waals surface area (Å²) in [7, 11) is 0.837.